The van der Waals surface area contributed by atoms with Gasteiger partial charge in [-0.2, -0.15) is 0 Å². The van der Waals surface area contributed by atoms with Gasteiger partial charge in [0.2, 0.25) is 0 Å². The highest BCUT2D eigenvalue weighted by atomic mass is 32.1. The number of benzene rings is 1. The number of nitrogens with zero attached hydrogens (tertiary/aromatic N) is 1. The van der Waals surface area contributed by atoms with E-state index in [0.29, 0.717) is 0 Å². The third-order valence-electron chi connectivity index (χ3n) is 4.59. The fourth-order valence-electron chi connectivity index (χ4n) is 2.98. The maximum Gasteiger partial charge on any atom is 0.530 e. The Morgan fingerprint density at radius 1 is 1.53 bits per heavy atom. The van der Waals surface area contributed by atoms with Crippen molar-refractivity contribution in [1.29, 1.82) is 0 Å². The molecule has 0 saturated carbocycles. The summed E-state index contributed by atoms with van der Waals surface area (Å²) >= 11 is 4.95. The van der Waals surface area contributed by atoms with Crippen molar-refractivity contribution in [3.8, 4) is 18.1 Å². The molecular formula is C18H15F2N2O8PS. The minimum Gasteiger partial charge on any atom is -0.404 e. The van der Waals surface area contributed by atoms with Gasteiger partial charge in [0.15, 0.2) is 11.0 Å². The molecule has 1 unspecified atom stereocenters. The monoisotopic (exact) mass is 490 g/mol. The van der Waals surface area contributed by atoms with Gasteiger partial charge >= 0.3 is 7.82 Å². The molecule has 10 nitrogen and oxygen atoms in total. The summed E-state index contributed by atoms with van der Waals surface area (Å²) in [6.45, 7) is -4.26. The number of phosphoric ester groups is 1. The van der Waals surface area contributed by atoms with Gasteiger partial charge in [0.25, 0.3) is 11.4 Å². The Balaban J connectivity index is 1.64. The van der Waals surface area contributed by atoms with Crippen LogP contribution in [-0.4, -0.2) is 44.4 Å². The first-order valence-corrected chi connectivity index (χ1v) is 10.7. The molecule has 3 N–H and O–H groups in total. The second-order valence-electron chi connectivity index (χ2n) is 6.70. The fourth-order valence-corrected chi connectivity index (χ4v) is 4.33. The van der Waals surface area contributed by atoms with E-state index in [2.05, 4.69) is 4.98 Å². The Kier molecular flexibility index (Phi) is 5.15. The number of fused-ring (bicyclic) bond motifs is 1. The van der Waals surface area contributed by atoms with Crippen molar-refractivity contribution in [3.63, 3.8) is 0 Å². The number of terminal acetylenes is 1. The van der Waals surface area contributed by atoms with Crippen LogP contribution >= 0.6 is 20.0 Å². The molecule has 5 atom stereocenters. The summed E-state index contributed by atoms with van der Waals surface area (Å²) in [5.41, 5.74) is -0.903. The number of phosphoric acid groups is 1. The molecule has 14 heteroatoms. The molecular weight excluding hydrogens is 473 g/mol. The molecule has 0 radical (unpaired) electrons. The van der Waals surface area contributed by atoms with Crippen LogP contribution < -0.4 is 10.1 Å². The molecule has 0 amide bonds. The number of aromatic nitrogens is 2. The number of hydrogen-bond acceptors (Lipinski definition) is 9. The SMILES string of the molecule is [2H]C([2H])(OP1(=O)OCc2cc(F)ccc2O1)[C@@]1(F)O[C@@H](n2cc(C#C)c(=O)[nH]c2=S)[C@H](O)[C@@H]1O. The lowest BCUT2D eigenvalue weighted by molar-refractivity contribution is -0.205. The van der Waals surface area contributed by atoms with Crippen LogP contribution in [0.2, 0.25) is 0 Å². The van der Waals surface area contributed by atoms with E-state index in [4.69, 9.17) is 39.7 Å². The van der Waals surface area contributed by atoms with Crippen LogP contribution in [0.15, 0.2) is 29.2 Å². The lowest BCUT2D eigenvalue weighted by Crippen LogP contribution is -2.43. The molecule has 0 aliphatic carbocycles. The summed E-state index contributed by atoms with van der Waals surface area (Å²) in [7, 11) is -4.86. The van der Waals surface area contributed by atoms with E-state index < -0.39 is 56.7 Å². The summed E-state index contributed by atoms with van der Waals surface area (Å²) in [4.78, 5) is 13.9. The van der Waals surface area contributed by atoms with E-state index in [1.165, 1.54) is 0 Å². The Bertz CT molecular complexity index is 1360. The zero-order valence-corrected chi connectivity index (χ0v) is 17.4. The fraction of sp³-hybridized carbons (Fsp3) is 0.333. The van der Waals surface area contributed by atoms with E-state index in [-0.39, 0.29) is 21.6 Å². The second kappa shape index (κ2) is 8.17. The average molecular weight is 490 g/mol. The molecule has 2 aliphatic rings. The number of aromatic amines is 1. The quantitative estimate of drug-likeness (QED) is 0.333. The van der Waals surface area contributed by atoms with Crippen molar-refractivity contribution in [1.82, 2.24) is 9.55 Å². The number of H-pyrrole nitrogens is 1. The van der Waals surface area contributed by atoms with Gasteiger partial charge in [0.05, 0.1) is 9.35 Å². The van der Waals surface area contributed by atoms with Gasteiger partial charge in [-0.1, -0.05) is 5.92 Å². The standard InChI is InChI=1S/C18H15F2N2O8PS/c1-2-9-6-22(17(32)21-15(9)25)16-13(23)14(24)18(20,29-16)8-28-31(26)27-7-10-5-11(19)3-4-12(10)30-31/h1,3-6,13-14,16,23-24H,7-8H2,(H,21,25,32)/t13-,14+,16-,18-,31?/m1/s1/i8D2. The van der Waals surface area contributed by atoms with Gasteiger partial charge in [0, 0.05) is 11.8 Å². The predicted molar refractivity (Wildman–Crippen MR) is 105 cm³/mol. The van der Waals surface area contributed by atoms with Gasteiger partial charge in [0.1, 0.15) is 35.9 Å². The van der Waals surface area contributed by atoms with E-state index >= 15 is 4.39 Å². The number of rotatable bonds is 4. The van der Waals surface area contributed by atoms with Gasteiger partial charge < -0.3 is 19.5 Å². The van der Waals surface area contributed by atoms with E-state index in [1.54, 1.807) is 0 Å². The van der Waals surface area contributed by atoms with Gasteiger partial charge in [-0.05, 0) is 30.4 Å². The van der Waals surface area contributed by atoms with Crippen molar-refractivity contribution in [2.45, 2.75) is 30.9 Å². The zero-order chi connectivity index (χ0) is 25.1. The molecule has 3 heterocycles. The molecule has 1 saturated heterocycles. The summed E-state index contributed by atoms with van der Waals surface area (Å²) < 4.78 is 77.9. The van der Waals surface area contributed by atoms with E-state index in [9.17, 15) is 24.0 Å². The third kappa shape index (κ3) is 4.02. The number of hydrogen-bond donors (Lipinski definition) is 3. The Morgan fingerprint density at radius 2 is 2.28 bits per heavy atom. The van der Waals surface area contributed by atoms with Crippen molar-refractivity contribution in [2.24, 2.45) is 0 Å². The number of alkyl halides is 1. The highest BCUT2D eigenvalue weighted by Gasteiger charge is 2.57. The largest absolute Gasteiger partial charge is 0.530 e. The van der Waals surface area contributed by atoms with Gasteiger partial charge in [-0.15, -0.1) is 6.42 Å². The molecule has 1 aromatic heterocycles. The summed E-state index contributed by atoms with van der Waals surface area (Å²) in [5.74, 6) is -2.61. The van der Waals surface area contributed by atoms with Crippen LogP contribution in [-0.2, 0) is 25.0 Å². The van der Waals surface area contributed by atoms with Crippen LogP contribution in [0.25, 0.3) is 0 Å². The van der Waals surface area contributed by atoms with Crippen LogP contribution in [0, 0.1) is 22.9 Å². The van der Waals surface area contributed by atoms with Gasteiger partial charge in [-0.25, -0.2) is 13.3 Å². The maximum atomic E-state index is 15.8. The number of halogens is 2. The summed E-state index contributed by atoms with van der Waals surface area (Å²) in [5, 5.41) is 20.7. The smallest absolute Gasteiger partial charge is 0.404 e. The molecule has 32 heavy (non-hydrogen) atoms. The molecule has 170 valence electrons. The molecule has 4 rings (SSSR count). The second-order valence-corrected chi connectivity index (χ2v) is 8.60. The summed E-state index contributed by atoms with van der Waals surface area (Å²) in [6, 6.07) is 3.09. The first kappa shape index (κ1) is 20.2. The van der Waals surface area contributed by atoms with E-state index in [1.807, 2.05) is 5.92 Å². The Labute approximate surface area is 186 Å². The number of ether oxygens (including phenoxy) is 1. The molecule has 2 aromatic rings. The maximum absolute atomic E-state index is 15.8. The predicted octanol–water partition coefficient (Wildman–Crippen LogP) is 1.68. The molecule has 1 aromatic carbocycles. The van der Waals surface area contributed by atoms with Crippen LogP contribution in [0.5, 0.6) is 5.75 Å². The molecule has 2 aliphatic heterocycles. The molecule has 0 spiro atoms. The molecule has 0 bridgehead atoms. The van der Waals surface area contributed by atoms with Crippen molar-refractivity contribution < 1.29 is 44.6 Å². The molecule has 1 fully saturated rings. The van der Waals surface area contributed by atoms with Crippen LogP contribution in [0.1, 0.15) is 20.1 Å². The minimum atomic E-state index is -4.86. The summed E-state index contributed by atoms with van der Waals surface area (Å²) in [6.07, 6.45) is -0.483. The highest BCUT2D eigenvalue weighted by molar-refractivity contribution is 7.71. The Morgan fingerprint density at radius 3 is 3.00 bits per heavy atom. The average Bonchev–Trinajstić information content (AvgIpc) is 2.99. The van der Waals surface area contributed by atoms with Crippen molar-refractivity contribution >= 4 is 20.0 Å². The number of nitrogens with one attached hydrogen (secondary N) is 1. The number of aliphatic hydroxyl groups is 2. The number of aliphatic hydroxyl groups excluding tert-OH is 2. The lowest BCUT2D eigenvalue weighted by Gasteiger charge is -2.28. The van der Waals surface area contributed by atoms with Crippen molar-refractivity contribution in [3.05, 3.63) is 56.5 Å². The first-order chi connectivity index (χ1) is 15.8. The van der Waals surface area contributed by atoms with Crippen molar-refractivity contribution in [2.75, 3.05) is 6.56 Å². The Hall–Kier alpha value is -2.43. The topological polar surface area (TPSA) is 132 Å². The highest BCUT2D eigenvalue weighted by Crippen LogP contribution is 2.55. The lowest BCUT2D eigenvalue weighted by atomic mass is 10.1. The van der Waals surface area contributed by atoms with Crippen LogP contribution in [0.4, 0.5) is 8.78 Å². The minimum absolute atomic E-state index is 0.134. The normalized spacial score (nSPS) is 32.9. The van der Waals surface area contributed by atoms with Gasteiger partial charge in [-0.3, -0.25) is 23.4 Å². The van der Waals surface area contributed by atoms with Crippen LogP contribution in [0.3, 0.4) is 0 Å². The first-order valence-electron chi connectivity index (χ1n) is 9.78. The van der Waals surface area contributed by atoms with E-state index in [0.717, 1.165) is 29.0 Å². The zero-order valence-electron chi connectivity index (χ0n) is 17.7. The third-order valence-corrected chi connectivity index (χ3v) is 6.09.